The summed E-state index contributed by atoms with van der Waals surface area (Å²) in [5.74, 6) is 2.31. The van der Waals surface area contributed by atoms with Crippen LogP contribution in [0.25, 0.3) is 0 Å². The highest BCUT2D eigenvalue weighted by Crippen LogP contribution is 2.20. The van der Waals surface area contributed by atoms with Crippen LogP contribution in [0.3, 0.4) is 0 Å². The lowest BCUT2D eigenvalue weighted by molar-refractivity contribution is 0.297. The van der Waals surface area contributed by atoms with E-state index in [1.54, 1.807) is 7.11 Å². The van der Waals surface area contributed by atoms with E-state index in [1.165, 1.54) is 12.0 Å². The van der Waals surface area contributed by atoms with Gasteiger partial charge in [0.25, 0.3) is 0 Å². The molecule has 0 saturated carbocycles. The minimum atomic E-state index is 0.549. The molecular weight excluding hydrogens is 234 g/mol. The fourth-order valence-corrected chi connectivity index (χ4v) is 2.25. The molecule has 0 aliphatic rings. The summed E-state index contributed by atoms with van der Waals surface area (Å²) in [6.07, 6.45) is 2.27. The highest BCUT2D eigenvalue weighted by molar-refractivity contribution is 5.27. The number of methoxy groups -OCH3 is 1. The van der Waals surface area contributed by atoms with Crippen LogP contribution in [-0.4, -0.2) is 19.7 Å². The van der Waals surface area contributed by atoms with Crippen molar-refractivity contribution >= 4 is 0 Å². The Hall–Kier alpha value is -1.02. The first kappa shape index (κ1) is 16.0. The van der Waals surface area contributed by atoms with Crippen LogP contribution in [0.4, 0.5) is 0 Å². The molecule has 108 valence electrons. The topological polar surface area (TPSA) is 21.3 Å². The fraction of sp³-hybridized carbons (Fsp3) is 0.647. The maximum atomic E-state index is 5.21. The van der Waals surface area contributed by atoms with Crippen LogP contribution in [0, 0.1) is 11.8 Å². The molecule has 0 heterocycles. The molecule has 0 aliphatic carbocycles. The Bertz CT molecular complexity index is 345. The average Bonchev–Trinajstić information content (AvgIpc) is 2.43. The van der Waals surface area contributed by atoms with Crippen molar-refractivity contribution in [3.8, 4) is 5.75 Å². The van der Waals surface area contributed by atoms with E-state index in [0.717, 1.165) is 18.7 Å². The van der Waals surface area contributed by atoms with E-state index in [-0.39, 0.29) is 0 Å². The molecule has 0 aliphatic heterocycles. The van der Waals surface area contributed by atoms with Gasteiger partial charge in [0.2, 0.25) is 0 Å². The summed E-state index contributed by atoms with van der Waals surface area (Å²) >= 11 is 0. The first-order chi connectivity index (χ1) is 9.08. The van der Waals surface area contributed by atoms with Gasteiger partial charge in [0, 0.05) is 6.04 Å². The zero-order valence-electron chi connectivity index (χ0n) is 13.1. The third kappa shape index (κ3) is 5.23. The fourth-order valence-electron chi connectivity index (χ4n) is 2.25. The van der Waals surface area contributed by atoms with Gasteiger partial charge in [-0.15, -0.1) is 0 Å². The van der Waals surface area contributed by atoms with Crippen LogP contribution >= 0.6 is 0 Å². The van der Waals surface area contributed by atoms with Crippen molar-refractivity contribution in [2.75, 3.05) is 13.7 Å². The maximum absolute atomic E-state index is 5.21. The van der Waals surface area contributed by atoms with Crippen molar-refractivity contribution in [1.82, 2.24) is 5.32 Å². The molecule has 1 aromatic rings. The summed E-state index contributed by atoms with van der Waals surface area (Å²) in [6, 6.07) is 8.99. The Morgan fingerprint density at radius 1 is 1.11 bits per heavy atom. The molecule has 19 heavy (non-hydrogen) atoms. The molecule has 0 amide bonds. The van der Waals surface area contributed by atoms with E-state index in [4.69, 9.17) is 4.74 Å². The monoisotopic (exact) mass is 263 g/mol. The van der Waals surface area contributed by atoms with E-state index in [0.29, 0.717) is 17.9 Å². The molecule has 0 spiro atoms. The second kappa shape index (κ2) is 8.21. The van der Waals surface area contributed by atoms with E-state index in [1.807, 2.05) is 12.1 Å². The summed E-state index contributed by atoms with van der Waals surface area (Å²) in [5, 5.41) is 3.70. The van der Waals surface area contributed by atoms with Crippen LogP contribution in [0.1, 0.15) is 39.7 Å². The third-order valence-electron chi connectivity index (χ3n) is 3.96. The number of rotatable bonds is 8. The van der Waals surface area contributed by atoms with Gasteiger partial charge in [-0.25, -0.2) is 0 Å². The minimum absolute atomic E-state index is 0.549. The highest BCUT2D eigenvalue weighted by Gasteiger charge is 2.19. The SMILES string of the molecule is CCCNC(Cc1ccc(OC)cc1)C(C)C(C)C. The average molecular weight is 263 g/mol. The Labute approximate surface area is 118 Å². The molecule has 1 aromatic carbocycles. The van der Waals surface area contributed by atoms with Gasteiger partial charge in [0.05, 0.1) is 7.11 Å². The van der Waals surface area contributed by atoms with Crippen molar-refractivity contribution in [3.05, 3.63) is 29.8 Å². The zero-order chi connectivity index (χ0) is 14.3. The quantitative estimate of drug-likeness (QED) is 0.768. The number of benzene rings is 1. The Kier molecular flexibility index (Phi) is 6.93. The van der Waals surface area contributed by atoms with E-state index in [2.05, 4.69) is 45.1 Å². The molecule has 2 heteroatoms. The highest BCUT2D eigenvalue weighted by atomic mass is 16.5. The summed E-state index contributed by atoms with van der Waals surface area (Å²) in [7, 11) is 1.71. The maximum Gasteiger partial charge on any atom is 0.118 e. The Balaban J connectivity index is 2.69. The second-order valence-corrected chi connectivity index (χ2v) is 5.72. The normalized spacial score (nSPS) is 14.4. The van der Waals surface area contributed by atoms with Crippen molar-refractivity contribution in [2.24, 2.45) is 11.8 Å². The van der Waals surface area contributed by atoms with Crippen LogP contribution in [-0.2, 0) is 6.42 Å². The molecule has 0 saturated heterocycles. The van der Waals surface area contributed by atoms with E-state index in [9.17, 15) is 0 Å². The Morgan fingerprint density at radius 3 is 2.21 bits per heavy atom. The smallest absolute Gasteiger partial charge is 0.118 e. The van der Waals surface area contributed by atoms with Gasteiger partial charge in [-0.2, -0.15) is 0 Å². The van der Waals surface area contributed by atoms with Crippen molar-refractivity contribution in [1.29, 1.82) is 0 Å². The van der Waals surface area contributed by atoms with Gasteiger partial charge in [-0.05, 0) is 48.9 Å². The molecule has 2 unspecified atom stereocenters. The Morgan fingerprint density at radius 2 is 1.74 bits per heavy atom. The molecule has 0 fully saturated rings. The van der Waals surface area contributed by atoms with Gasteiger partial charge in [0.15, 0.2) is 0 Å². The third-order valence-corrected chi connectivity index (χ3v) is 3.96. The van der Waals surface area contributed by atoms with Gasteiger partial charge < -0.3 is 10.1 Å². The van der Waals surface area contributed by atoms with Gasteiger partial charge in [-0.3, -0.25) is 0 Å². The van der Waals surface area contributed by atoms with Crippen LogP contribution in [0.2, 0.25) is 0 Å². The lowest BCUT2D eigenvalue weighted by atomic mass is 9.86. The lowest BCUT2D eigenvalue weighted by Crippen LogP contribution is -2.39. The van der Waals surface area contributed by atoms with Crippen molar-refractivity contribution in [3.63, 3.8) is 0 Å². The number of hydrogen-bond donors (Lipinski definition) is 1. The molecule has 0 bridgehead atoms. The first-order valence-electron chi connectivity index (χ1n) is 7.44. The van der Waals surface area contributed by atoms with Crippen molar-refractivity contribution < 1.29 is 4.74 Å². The number of ether oxygens (including phenoxy) is 1. The lowest BCUT2D eigenvalue weighted by Gasteiger charge is -2.28. The molecule has 1 rings (SSSR count). The summed E-state index contributed by atoms with van der Waals surface area (Å²) in [4.78, 5) is 0. The second-order valence-electron chi connectivity index (χ2n) is 5.72. The molecule has 2 nitrogen and oxygen atoms in total. The molecular formula is C17H29NO. The van der Waals surface area contributed by atoms with Gasteiger partial charge in [-0.1, -0.05) is 39.8 Å². The van der Waals surface area contributed by atoms with Crippen molar-refractivity contribution in [2.45, 2.75) is 46.6 Å². The van der Waals surface area contributed by atoms with Crippen LogP contribution < -0.4 is 10.1 Å². The van der Waals surface area contributed by atoms with Crippen LogP contribution in [0.5, 0.6) is 5.75 Å². The van der Waals surface area contributed by atoms with E-state index < -0.39 is 0 Å². The standard InChI is InChI=1S/C17H29NO/c1-6-11-18-17(14(4)13(2)3)12-15-7-9-16(19-5)10-8-15/h7-10,13-14,17-18H,6,11-12H2,1-5H3. The minimum Gasteiger partial charge on any atom is -0.497 e. The predicted molar refractivity (Wildman–Crippen MR) is 82.8 cm³/mol. The van der Waals surface area contributed by atoms with Crippen LogP contribution in [0.15, 0.2) is 24.3 Å². The number of hydrogen-bond acceptors (Lipinski definition) is 2. The van der Waals surface area contributed by atoms with Gasteiger partial charge in [0.1, 0.15) is 5.75 Å². The number of nitrogens with one attached hydrogen (secondary N) is 1. The summed E-state index contributed by atoms with van der Waals surface area (Å²) < 4.78 is 5.21. The zero-order valence-corrected chi connectivity index (χ0v) is 13.1. The first-order valence-corrected chi connectivity index (χ1v) is 7.44. The molecule has 1 N–H and O–H groups in total. The molecule has 0 radical (unpaired) electrons. The molecule has 2 atom stereocenters. The molecule has 0 aromatic heterocycles. The largest absolute Gasteiger partial charge is 0.497 e. The predicted octanol–water partition coefficient (Wildman–Crippen LogP) is 3.90. The summed E-state index contributed by atoms with van der Waals surface area (Å²) in [5.41, 5.74) is 1.38. The van der Waals surface area contributed by atoms with Gasteiger partial charge >= 0.3 is 0 Å². The summed E-state index contributed by atoms with van der Waals surface area (Å²) in [6.45, 7) is 10.3. The van der Waals surface area contributed by atoms with E-state index >= 15 is 0 Å².